The molecule has 3 heterocycles. The molecule has 0 radical (unpaired) electrons. The average Bonchev–Trinajstić information content (AvgIpc) is 3.20. The third-order valence-electron chi connectivity index (χ3n) is 6.32. The van der Waals surface area contributed by atoms with Crippen LogP contribution < -0.4 is 5.32 Å². The first-order chi connectivity index (χ1) is 14.2. The molecule has 1 aromatic heterocycles. The van der Waals surface area contributed by atoms with E-state index in [1.165, 1.54) is 16.7 Å². The molecular formula is C22H30N4O3S. The minimum Gasteiger partial charge on any atom is -0.320 e. The van der Waals surface area contributed by atoms with E-state index in [2.05, 4.69) is 42.5 Å². The Balaban J connectivity index is 1.51. The summed E-state index contributed by atoms with van der Waals surface area (Å²) in [5.74, 6) is 0.781. The number of anilines is 1. The zero-order chi connectivity index (χ0) is 21.6. The van der Waals surface area contributed by atoms with Crippen LogP contribution in [0.3, 0.4) is 0 Å². The fraction of sp³-hybridized carbons (Fsp3) is 0.545. The minimum atomic E-state index is -3.00. The SMILES string of the molecule is Cc1nn(C2CCS(=O)(=O)C2)c(C)c1NC(=O)N1CCc2c(cccc2C(C)C)C1. The van der Waals surface area contributed by atoms with Crippen molar-refractivity contribution in [3.63, 3.8) is 0 Å². The summed E-state index contributed by atoms with van der Waals surface area (Å²) < 4.78 is 25.5. The van der Waals surface area contributed by atoms with Gasteiger partial charge in [0.1, 0.15) is 0 Å². The number of hydrogen-bond donors (Lipinski definition) is 1. The zero-order valence-electron chi connectivity index (χ0n) is 18.1. The number of amides is 2. The summed E-state index contributed by atoms with van der Waals surface area (Å²) in [7, 11) is -3.00. The Hall–Kier alpha value is -2.35. The molecule has 1 saturated heterocycles. The highest BCUT2D eigenvalue weighted by Gasteiger charge is 2.32. The van der Waals surface area contributed by atoms with E-state index in [4.69, 9.17) is 0 Å². The molecule has 2 aliphatic heterocycles. The van der Waals surface area contributed by atoms with Crippen LogP contribution in [-0.2, 0) is 22.8 Å². The Morgan fingerprint density at radius 2 is 2.03 bits per heavy atom. The van der Waals surface area contributed by atoms with E-state index in [9.17, 15) is 13.2 Å². The molecule has 8 heteroatoms. The van der Waals surface area contributed by atoms with Gasteiger partial charge in [-0.2, -0.15) is 5.10 Å². The van der Waals surface area contributed by atoms with Crippen LogP contribution in [0, 0.1) is 13.8 Å². The zero-order valence-corrected chi connectivity index (χ0v) is 18.9. The maximum Gasteiger partial charge on any atom is 0.322 e. The second-order valence-electron chi connectivity index (χ2n) is 8.79. The Morgan fingerprint density at radius 1 is 1.27 bits per heavy atom. The first kappa shape index (κ1) is 20.9. The molecule has 4 rings (SSSR count). The van der Waals surface area contributed by atoms with Gasteiger partial charge in [-0.3, -0.25) is 4.68 Å². The van der Waals surface area contributed by atoms with E-state index in [-0.39, 0.29) is 23.6 Å². The standard InChI is InChI=1S/C22H30N4O3S/c1-14(2)19-7-5-6-17-12-25(10-8-20(17)19)22(27)23-21-15(3)24-26(16(21)4)18-9-11-30(28,29)13-18/h5-7,14,18H,8-13H2,1-4H3,(H,23,27). The predicted molar refractivity (Wildman–Crippen MR) is 118 cm³/mol. The third-order valence-corrected chi connectivity index (χ3v) is 8.07. The van der Waals surface area contributed by atoms with Gasteiger partial charge >= 0.3 is 6.03 Å². The molecule has 30 heavy (non-hydrogen) atoms. The highest BCUT2D eigenvalue weighted by Crippen LogP contribution is 2.31. The maximum atomic E-state index is 13.0. The normalized spacial score (nSPS) is 20.4. The van der Waals surface area contributed by atoms with Crippen LogP contribution in [0.1, 0.15) is 60.3 Å². The van der Waals surface area contributed by atoms with Crippen molar-refractivity contribution in [2.24, 2.45) is 0 Å². The molecule has 0 aliphatic carbocycles. The minimum absolute atomic E-state index is 0.115. The highest BCUT2D eigenvalue weighted by atomic mass is 32.2. The summed E-state index contributed by atoms with van der Waals surface area (Å²) in [5.41, 5.74) is 6.16. The van der Waals surface area contributed by atoms with Gasteiger partial charge in [-0.25, -0.2) is 13.2 Å². The number of aromatic nitrogens is 2. The lowest BCUT2D eigenvalue weighted by Gasteiger charge is -2.31. The Labute approximate surface area is 178 Å². The quantitative estimate of drug-likeness (QED) is 0.807. The lowest BCUT2D eigenvalue weighted by Crippen LogP contribution is -2.39. The molecule has 2 amide bonds. The second-order valence-corrected chi connectivity index (χ2v) is 11.0. The molecule has 1 N–H and O–H groups in total. The van der Waals surface area contributed by atoms with Crippen molar-refractivity contribution < 1.29 is 13.2 Å². The number of nitrogens with zero attached hydrogens (tertiary/aromatic N) is 3. The molecule has 0 saturated carbocycles. The average molecular weight is 431 g/mol. The van der Waals surface area contributed by atoms with Gasteiger partial charge in [-0.15, -0.1) is 0 Å². The van der Waals surface area contributed by atoms with Crippen LogP contribution in [0.2, 0.25) is 0 Å². The van der Waals surface area contributed by atoms with E-state index < -0.39 is 9.84 Å². The topological polar surface area (TPSA) is 84.3 Å². The number of benzene rings is 1. The lowest BCUT2D eigenvalue weighted by molar-refractivity contribution is 0.206. The van der Waals surface area contributed by atoms with Crippen LogP contribution in [0.5, 0.6) is 0 Å². The van der Waals surface area contributed by atoms with Crippen molar-refractivity contribution in [1.82, 2.24) is 14.7 Å². The van der Waals surface area contributed by atoms with E-state index >= 15 is 0 Å². The van der Waals surface area contributed by atoms with E-state index in [1.54, 1.807) is 4.68 Å². The summed E-state index contributed by atoms with van der Waals surface area (Å²) in [6, 6.07) is 6.07. The number of urea groups is 1. The summed E-state index contributed by atoms with van der Waals surface area (Å²) in [4.78, 5) is 14.9. The van der Waals surface area contributed by atoms with E-state index in [1.807, 2.05) is 18.7 Å². The number of carbonyl (C=O) groups is 1. The molecule has 2 aliphatic rings. The van der Waals surface area contributed by atoms with E-state index in [0.29, 0.717) is 36.8 Å². The molecule has 1 unspecified atom stereocenters. The largest absolute Gasteiger partial charge is 0.322 e. The van der Waals surface area contributed by atoms with Crippen LogP contribution in [0.25, 0.3) is 0 Å². The number of fused-ring (bicyclic) bond motifs is 1. The molecule has 1 atom stereocenters. The molecule has 2 aromatic rings. The fourth-order valence-electron chi connectivity index (χ4n) is 4.71. The van der Waals surface area contributed by atoms with Crippen LogP contribution in [0.15, 0.2) is 18.2 Å². The maximum absolute atomic E-state index is 13.0. The Morgan fingerprint density at radius 3 is 2.70 bits per heavy atom. The van der Waals surface area contributed by atoms with Crippen molar-refractivity contribution in [1.29, 1.82) is 0 Å². The predicted octanol–water partition coefficient (Wildman–Crippen LogP) is 3.57. The first-order valence-corrected chi connectivity index (χ1v) is 12.4. The molecule has 1 aromatic carbocycles. The number of rotatable bonds is 3. The third kappa shape index (κ3) is 3.85. The summed E-state index contributed by atoms with van der Waals surface area (Å²) in [6.45, 7) is 9.41. The molecule has 0 bridgehead atoms. The van der Waals surface area contributed by atoms with Gasteiger partial charge in [0.05, 0.1) is 34.6 Å². The molecule has 7 nitrogen and oxygen atoms in total. The van der Waals surface area contributed by atoms with Crippen molar-refractivity contribution in [3.05, 3.63) is 46.3 Å². The van der Waals surface area contributed by atoms with Gasteiger partial charge in [-0.05, 0) is 49.3 Å². The van der Waals surface area contributed by atoms with Gasteiger partial charge in [0.25, 0.3) is 0 Å². The first-order valence-electron chi connectivity index (χ1n) is 10.6. The number of hydrogen-bond acceptors (Lipinski definition) is 4. The number of nitrogens with one attached hydrogen (secondary N) is 1. The molecule has 1 fully saturated rings. The van der Waals surface area contributed by atoms with Gasteiger partial charge in [0.15, 0.2) is 9.84 Å². The van der Waals surface area contributed by atoms with Gasteiger partial charge in [0.2, 0.25) is 0 Å². The van der Waals surface area contributed by atoms with Crippen molar-refractivity contribution in [2.75, 3.05) is 23.4 Å². The lowest BCUT2D eigenvalue weighted by atomic mass is 9.89. The number of aryl methyl sites for hydroxylation is 1. The van der Waals surface area contributed by atoms with Crippen LogP contribution >= 0.6 is 0 Å². The molecule has 162 valence electrons. The van der Waals surface area contributed by atoms with Crippen LogP contribution in [-0.4, -0.2) is 47.2 Å². The smallest absolute Gasteiger partial charge is 0.320 e. The summed E-state index contributed by atoms with van der Waals surface area (Å²) in [6.07, 6.45) is 1.42. The molecule has 0 spiro atoms. The molecular weight excluding hydrogens is 400 g/mol. The monoisotopic (exact) mass is 430 g/mol. The Kier molecular flexibility index (Phi) is 5.38. The number of carbonyl (C=O) groups excluding carboxylic acids is 1. The highest BCUT2D eigenvalue weighted by molar-refractivity contribution is 7.91. The van der Waals surface area contributed by atoms with Crippen molar-refractivity contribution in [3.8, 4) is 0 Å². The van der Waals surface area contributed by atoms with Crippen molar-refractivity contribution >= 4 is 21.6 Å². The second kappa shape index (κ2) is 7.72. The van der Waals surface area contributed by atoms with Crippen molar-refractivity contribution in [2.45, 2.75) is 59.0 Å². The fourth-order valence-corrected chi connectivity index (χ4v) is 6.40. The summed E-state index contributed by atoms with van der Waals surface area (Å²) in [5, 5.41) is 7.58. The van der Waals surface area contributed by atoms with E-state index in [0.717, 1.165) is 12.1 Å². The van der Waals surface area contributed by atoms with Crippen LogP contribution in [0.4, 0.5) is 10.5 Å². The summed E-state index contributed by atoms with van der Waals surface area (Å²) >= 11 is 0. The Bertz CT molecular complexity index is 1090. The number of sulfone groups is 1. The van der Waals surface area contributed by atoms with Gasteiger partial charge < -0.3 is 10.2 Å². The van der Waals surface area contributed by atoms with Gasteiger partial charge in [0, 0.05) is 13.1 Å². The van der Waals surface area contributed by atoms with Gasteiger partial charge in [-0.1, -0.05) is 32.0 Å².